The zero-order chi connectivity index (χ0) is 10.3. The van der Waals surface area contributed by atoms with Crippen LogP contribution in [0.3, 0.4) is 0 Å². The van der Waals surface area contributed by atoms with Gasteiger partial charge in [0.1, 0.15) is 5.82 Å². The molecule has 1 fully saturated rings. The van der Waals surface area contributed by atoms with Gasteiger partial charge >= 0.3 is 0 Å². The first kappa shape index (κ1) is 9.92. The summed E-state index contributed by atoms with van der Waals surface area (Å²) >= 11 is 0. The average Bonchev–Trinajstić information content (AvgIpc) is 2.82. The predicted molar refractivity (Wildman–Crippen MR) is 50.7 cm³/mol. The molecule has 0 bridgehead atoms. The maximum atomic E-state index is 11.2. The molecule has 1 aliphatic rings. The Bertz CT molecular complexity index is 450. The minimum atomic E-state index is -3.77. The zero-order valence-corrected chi connectivity index (χ0v) is 9.22. The van der Waals surface area contributed by atoms with Gasteiger partial charge in [-0.3, -0.25) is 4.57 Å². The maximum absolute atomic E-state index is 11.2. The number of aromatic nitrogens is 3. The maximum Gasteiger partial charge on any atom is 0.296 e. The molecule has 14 heavy (non-hydrogen) atoms. The quantitative estimate of drug-likeness (QED) is 0.736. The van der Waals surface area contributed by atoms with Gasteiger partial charge in [-0.15, -0.1) is 10.2 Å². The van der Waals surface area contributed by atoms with Crippen molar-refractivity contribution in [1.29, 1.82) is 0 Å². The van der Waals surface area contributed by atoms with Crippen LogP contribution in [0.1, 0.15) is 31.6 Å². The summed E-state index contributed by atoms with van der Waals surface area (Å²) in [5, 5.41) is 7.31. The van der Waals surface area contributed by atoms with E-state index in [0.717, 1.165) is 12.8 Å². The second kappa shape index (κ2) is 3.20. The number of hydrogen-bond donors (Lipinski definition) is 0. The molecule has 0 aromatic carbocycles. The average molecular weight is 236 g/mol. The third-order valence-electron chi connectivity index (χ3n) is 2.18. The van der Waals surface area contributed by atoms with Crippen LogP contribution in [0.2, 0.25) is 0 Å². The topological polar surface area (TPSA) is 64.8 Å². The van der Waals surface area contributed by atoms with E-state index in [1.165, 1.54) is 0 Å². The van der Waals surface area contributed by atoms with Gasteiger partial charge in [-0.2, -0.15) is 0 Å². The van der Waals surface area contributed by atoms with Gasteiger partial charge in [0.05, 0.1) is 0 Å². The van der Waals surface area contributed by atoms with Crippen molar-refractivity contribution < 1.29 is 8.42 Å². The Morgan fingerprint density at radius 2 is 2.14 bits per heavy atom. The lowest BCUT2D eigenvalue weighted by Crippen LogP contribution is -2.07. The molecular weight excluding hydrogens is 226 g/mol. The third-order valence-corrected chi connectivity index (χ3v) is 3.31. The normalized spacial score (nSPS) is 17.3. The van der Waals surface area contributed by atoms with Crippen molar-refractivity contribution in [2.75, 3.05) is 0 Å². The first-order valence-corrected chi connectivity index (χ1v) is 6.73. The van der Waals surface area contributed by atoms with Crippen LogP contribution < -0.4 is 0 Å². The van der Waals surface area contributed by atoms with Crippen molar-refractivity contribution in [2.45, 2.75) is 37.4 Å². The van der Waals surface area contributed by atoms with E-state index >= 15 is 0 Å². The van der Waals surface area contributed by atoms with Crippen LogP contribution >= 0.6 is 10.7 Å². The van der Waals surface area contributed by atoms with Crippen molar-refractivity contribution in [3.8, 4) is 0 Å². The standard InChI is InChI=1S/C7H10ClN3O2S/c1-2-6-9-10-7(14(8,12)13)11(6)5-3-4-5/h5H,2-4H2,1H3. The molecule has 0 aliphatic heterocycles. The van der Waals surface area contributed by atoms with Crippen LogP contribution in [0, 0.1) is 0 Å². The van der Waals surface area contributed by atoms with E-state index in [0.29, 0.717) is 12.2 Å². The smallest absolute Gasteiger partial charge is 0.296 e. The highest BCUT2D eigenvalue weighted by Crippen LogP contribution is 2.38. The first-order valence-electron chi connectivity index (χ1n) is 4.42. The van der Waals surface area contributed by atoms with Crippen LogP contribution in [0.25, 0.3) is 0 Å². The molecule has 0 spiro atoms. The van der Waals surface area contributed by atoms with Crippen LogP contribution in [0.15, 0.2) is 5.16 Å². The van der Waals surface area contributed by atoms with Crippen molar-refractivity contribution in [3.05, 3.63) is 5.82 Å². The molecular formula is C7H10ClN3O2S. The van der Waals surface area contributed by atoms with Crippen LogP contribution in [0.4, 0.5) is 0 Å². The monoisotopic (exact) mass is 235 g/mol. The van der Waals surface area contributed by atoms with Crippen LogP contribution in [0.5, 0.6) is 0 Å². The highest BCUT2D eigenvalue weighted by Gasteiger charge is 2.32. The lowest BCUT2D eigenvalue weighted by Gasteiger charge is -2.04. The summed E-state index contributed by atoms with van der Waals surface area (Å²) in [6, 6.07) is 0.225. The van der Waals surface area contributed by atoms with E-state index in [1.54, 1.807) is 4.57 Å². The molecule has 0 atom stereocenters. The first-order chi connectivity index (χ1) is 6.54. The van der Waals surface area contributed by atoms with Gasteiger partial charge in [0.2, 0.25) is 0 Å². The minimum absolute atomic E-state index is 0.112. The van der Waals surface area contributed by atoms with Gasteiger partial charge in [-0.05, 0) is 12.8 Å². The van der Waals surface area contributed by atoms with E-state index in [2.05, 4.69) is 10.2 Å². The lowest BCUT2D eigenvalue weighted by atomic mass is 10.4. The Kier molecular flexibility index (Phi) is 2.27. The molecule has 78 valence electrons. The molecule has 2 rings (SSSR count). The van der Waals surface area contributed by atoms with Crippen molar-refractivity contribution in [1.82, 2.24) is 14.8 Å². The van der Waals surface area contributed by atoms with Gasteiger partial charge in [0, 0.05) is 23.1 Å². The molecule has 1 aliphatic carbocycles. The minimum Gasteiger partial charge on any atom is -0.298 e. The number of halogens is 1. The SMILES string of the molecule is CCc1nnc(S(=O)(=O)Cl)n1C1CC1. The second-order valence-corrected chi connectivity index (χ2v) is 5.75. The van der Waals surface area contributed by atoms with Crippen molar-refractivity contribution in [2.24, 2.45) is 0 Å². The highest BCUT2D eigenvalue weighted by atomic mass is 35.7. The van der Waals surface area contributed by atoms with E-state index in [9.17, 15) is 8.42 Å². The fourth-order valence-electron chi connectivity index (χ4n) is 1.41. The van der Waals surface area contributed by atoms with Gasteiger partial charge in [-0.1, -0.05) is 6.92 Å². The Morgan fingerprint density at radius 1 is 1.50 bits per heavy atom. The van der Waals surface area contributed by atoms with Crippen LogP contribution in [-0.2, 0) is 15.5 Å². The molecule has 1 heterocycles. The van der Waals surface area contributed by atoms with Gasteiger partial charge in [0.15, 0.2) is 0 Å². The van der Waals surface area contributed by atoms with Gasteiger partial charge < -0.3 is 0 Å². The Morgan fingerprint density at radius 3 is 2.57 bits per heavy atom. The lowest BCUT2D eigenvalue weighted by molar-refractivity contribution is 0.570. The summed E-state index contributed by atoms with van der Waals surface area (Å²) in [6.07, 6.45) is 2.62. The van der Waals surface area contributed by atoms with E-state index in [4.69, 9.17) is 10.7 Å². The van der Waals surface area contributed by atoms with Crippen molar-refractivity contribution >= 4 is 19.7 Å². The van der Waals surface area contributed by atoms with E-state index in [1.807, 2.05) is 6.92 Å². The summed E-state index contributed by atoms with van der Waals surface area (Å²) in [4.78, 5) is 0. The van der Waals surface area contributed by atoms with Gasteiger partial charge in [0.25, 0.3) is 14.2 Å². The number of rotatable bonds is 3. The molecule has 0 saturated heterocycles. The van der Waals surface area contributed by atoms with Crippen molar-refractivity contribution in [3.63, 3.8) is 0 Å². The fraction of sp³-hybridized carbons (Fsp3) is 0.714. The summed E-state index contributed by atoms with van der Waals surface area (Å²) in [6.45, 7) is 1.91. The summed E-state index contributed by atoms with van der Waals surface area (Å²) in [5.74, 6) is 0.687. The third kappa shape index (κ3) is 1.64. The molecule has 0 N–H and O–H groups in total. The molecule has 1 saturated carbocycles. The molecule has 1 aromatic rings. The highest BCUT2D eigenvalue weighted by molar-refractivity contribution is 8.13. The molecule has 1 aromatic heterocycles. The number of aryl methyl sites for hydroxylation is 1. The molecule has 5 nitrogen and oxygen atoms in total. The van der Waals surface area contributed by atoms with Crippen LogP contribution in [-0.4, -0.2) is 23.2 Å². The number of hydrogen-bond acceptors (Lipinski definition) is 4. The van der Waals surface area contributed by atoms with E-state index in [-0.39, 0.29) is 11.2 Å². The second-order valence-electron chi connectivity index (χ2n) is 3.29. The predicted octanol–water partition coefficient (Wildman–Crippen LogP) is 1.10. The Balaban J connectivity index is 2.55. The summed E-state index contributed by atoms with van der Waals surface area (Å²) in [7, 11) is 1.49. The summed E-state index contributed by atoms with van der Waals surface area (Å²) < 4.78 is 24.0. The fourth-order valence-corrected chi connectivity index (χ4v) is 2.36. The molecule has 0 amide bonds. The molecule has 0 radical (unpaired) electrons. The van der Waals surface area contributed by atoms with Gasteiger partial charge in [-0.25, -0.2) is 8.42 Å². The molecule has 0 unspecified atom stereocenters. The van der Waals surface area contributed by atoms with E-state index < -0.39 is 9.05 Å². The summed E-state index contributed by atoms with van der Waals surface area (Å²) in [5.41, 5.74) is 0. The Labute approximate surface area is 86.5 Å². The zero-order valence-electron chi connectivity index (χ0n) is 7.64. The molecule has 7 heteroatoms. The largest absolute Gasteiger partial charge is 0.298 e. The Hall–Kier alpha value is -0.620. The number of nitrogens with zero attached hydrogens (tertiary/aromatic N) is 3.